The van der Waals surface area contributed by atoms with Gasteiger partial charge in [-0.3, -0.25) is 0 Å². The molecule has 3 aromatic heterocycles. The SMILES string of the molecule is CCc1nccc(-c2cc3cnc(NC4CCOCC4)cc3n2C)n1. The number of aryl methyl sites for hydroxylation is 2. The molecule has 0 aromatic carbocycles. The molecule has 6 heteroatoms. The lowest BCUT2D eigenvalue weighted by Gasteiger charge is -2.23. The molecule has 1 aliphatic heterocycles. The second-order valence-electron chi connectivity index (χ2n) is 6.46. The van der Waals surface area contributed by atoms with Gasteiger partial charge in [0.2, 0.25) is 0 Å². The van der Waals surface area contributed by atoms with Crippen LogP contribution in [-0.2, 0) is 18.2 Å². The van der Waals surface area contributed by atoms with Crippen LogP contribution in [0.15, 0.2) is 30.6 Å². The molecule has 3 aromatic rings. The van der Waals surface area contributed by atoms with Gasteiger partial charge in [0.25, 0.3) is 0 Å². The van der Waals surface area contributed by atoms with Crippen molar-refractivity contribution in [2.45, 2.75) is 32.2 Å². The third kappa shape index (κ3) is 3.22. The number of fused-ring (bicyclic) bond motifs is 1. The minimum atomic E-state index is 0.437. The van der Waals surface area contributed by atoms with Crippen LogP contribution in [0.25, 0.3) is 22.3 Å². The summed E-state index contributed by atoms with van der Waals surface area (Å²) in [5, 5.41) is 4.65. The molecule has 0 atom stereocenters. The highest BCUT2D eigenvalue weighted by molar-refractivity contribution is 5.87. The van der Waals surface area contributed by atoms with Crippen LogP contribution in [0.1, 0.15) is 25.6 Å². The largest absolute Gasteiger partial charge is 0.381 e. The number of hydrogen-bond acceptors (Lipinski definition) is 5. The Hall–Kier alpha value is -2.47. The summed E-state index contributed by atoms with van der Waals surface area (Å²) in [5.74, 6) is 1.78. The minimum absolute atomic E-state index is 0.437. The number of rotatable bonds is 4. The van der Waals surface area contributed by atoms with Crippen molar-refractivity contribution in [2.75, 3.05) is 18.5 Å². The monoisotopic (exact) mass is 337 g/mol. The van der Waals surface area contributed by atoms with Gasteiger partial charge in [-0.2, -0.15) is 0 Å². The average Bonchev–Trinajstić information content (AvgIpc) is 2.99. The second kappa shape index (κ2) is 6.80. The fourth-order valence-electron chi connectivity index (χ4n) is 3.32. The normalized spacial score (nSPS) is 15.6. The van der Waals surface area contributed by atoms with Gasteiger partial charge in [-0.05, 0) is 25.0 Å². The third-order valence-corrected chi connectivity index (χ3v) is 4.78. The Morgan fingerprint density at radius 1 is 1.24 bits per heavy atom. The molecule has 1 aliphatic rings. The Labute approximate surface area is 147 Å². The van der Waals surface area contributed by atoms with Crippen molar-refractivity contribution >= 4 is 16.7 Å². The molecular formula is C19H23N5O. The number of nitrogens with zero attached hydrogens (tertiary/aromatic N) is 4. The molecule has 0 unspecified atom stereocenters. The van der Waals surface area contributed by atoms with Crippen LogP contribution in [0.4, 0.5) is 5.82 Å². The van der Waals surface area contributed by atoms with Gasteiger partial charge in [0, 0.05) is 56.6 Å². The van der Waals surface area contributed by atoms with E-state index in [1.54, 1.807) is 0 Å². The van der Waals surface area contributed by atoms with Crippen LogP contribution in [0.2, 0.25) is 0 Å². The predicted molar refractivity (Wildman–Crippen MR) is 98.6 cm³/mol. The molecule has 4 heterocycles. The smallest absolute Gasteiger partial charge is 0.128 e. The fourth-order valence-corrected chi connectivity index (χ4v) is 3.32. The van der Waals surface area contributed by atoms with E-state index in [4.69, 9.17) is 4.74 Å². The molecule has 0 amide bonds. The van der Waals surface area contributed by atoms with E-state index in [1.807, 2.05) is 18.5 Å². The summed E-state index contributed by atoms with van der Waals surface area (Å²) in [5.41, 5.74) is 3.18. The van der Waals surface area contributed by atoms with Gasteiger partial charge in [-0.1, -0.05) is 6.92 Å². The molecule has 0 aliphatic carbocycles. The Bertz CT molecular complexity index is 883. The van der Waals surface area contributed by atoms with E-state index in [9.17, 15) is 0 Å². The van der Waals surface area contributed by atoms with E-state index in [-0.39, 0.29) is 0 Å². The van der Waals surface area contributed by atoms with E-state index in [2.05, 4.69) is 50.9 Å². The lowest BCUT2D eigenvalue weighted by atomic mass is 10.1. The van der Waals surface area contributed by atoms with Crippen molar-refractivity contribution in [3.63, 3.8) is 0 Å². The Balaban J connectivity index is 1.67. The summed E-state index contributed by atoms with van der Waals surface area (Å²) in [6.45, 7) is 3.71. The molecule has 1 N–H and O–H groups in total. The molecular weight excluding hydrogens is 314 g/mol. The summed E-state index contributed by atoms with van der Waals surface area (Å²) in [6, 6.07) is 6.66. The zero-order chi connectivity index (χ0) is 17.2. The van der Waals surface area contributed by atoms with Crippen molar-refractivity contribution in [1.82, 2.24) is 19.5 Å². The Kier molecular flexibility index (Phi) is 4.36. The highest BCUT2D eigenvalue weighted by Gasteiger charge is 2.15. The van der Waals surface area contributed by atoms with Crippen molar-refractivity contribution in [2.24, 2.45) is 7.05 Å². The van der Waals surface area contributed by atoms with Gasteiger partial charge >= 0.3 is 0 Å². The first-order chi connectivity index (χ1) is 12.2. The molecule has 130 valence electrons. The van der Waals surface area contributed by atoms with E-state index >= 15 is 0 Å². The Morgan fingerprint density at radius 2 is 2.08 bits per heavy atom. The molecule has 0 radical (unpaired) electrons. The van der Waals surface area contributed by atoms with Gasteiger partial charge in [0.1, 0.15) is 11.6 Å². The van der Waals surface area contributed by atoms with Gasteiger partial charge in [-0.25, -0.2) is 15.0 Å². The van der Waals surface area contributed by atoms with Gasteiger partial charge in [-0.15, -0.1) is 0 Å². The van der Waals surface area contributed by atoms with Crippen molar-refractivity contribution in [3.05, 3.63) is 36.4 Å². The summed E-state index contributed by atoms with van der Waals surface area (Å²) < 4.78 is 7.60. The van der Waals surface area contributed by atoms with E-state index in [1.165, 1.54) is 0 Å². The summed E-state index contributed by atoms with van der Waals surface area (Å²) >= 11 is 0. The number of hydrogen-bond donors (Lipinski definition) is 1. The van der Waals surface area contributed by atoms with Crippen LogP contribution >= 0.6 is 0 Å². The number of pyridine rings is 1. The van der Waals surface area contributed by atoms with Crippen LogP contribution in [0.3, 0.4) is 0 Å². The number of aromatic nitrogens is 4. The average molecular weight is 337 g/mol. The maximum absolute atomic E-state index is 5.42. The zero-order valence-electron chi connectivity index (χ0n) is 14.7. The molecule has 1 saturated heterocycles. The van der Waals surface area contributed by atoms with Gasteiger partial charge in [0.15, 0.2) is 0 Å². The first-order valence-electron chi connectivity index (χ1n) is 8.86. The van der Waals surface area contributed by atoms with Crippen molar-refractivity contribution < 1.29 is 4.74 Å². The van der Waals surface area contributed by atoms with Crippen molar-refractivity contribution in [3.8, 4) is 11.4 Å². The number of nitrogens with one attached hydrogen (secondary N) is 1. The topological polar surface area (TPSA) is 64.9 Å². The summed E-state index contributed by atoms with van der Waals surface area (Å²) in [6.07, 6.45) is 6.65. The van der Waals surface area contributed by atoms with Crippen LogP contribution in [0.5, 0.6) is 0 Å². The van der Waals surface area contributed by atoms with E-state index < -0.39 is 0 Å². The number of ether oxygens (including phenoxy) is 1. The molecule has 0 saturated carbocycles. The van der Waals surface area contributed by atoms with Crippen LogP contribution in [-0.4, -0.2) is 38.8 Å². The molecule has 0 bridgehead atoms. The summed E-state index contributed by atoms with van der Waals surface area (Å²) in [4.78, 5) is 13.5. The first-order valence-corrected chi connectivity index (χ1v) is 8.86. The highest BCUT2D eigenvalue weighted by atomic mass is 16.5. The zero-order valence-corrected chi connectivity index (χ0v) is 14.7. The summed E-state index contributed by atoms with van der Waals surface area (Å²) in [7, 11) is 2.07. The molecule has 25 heavy (non-hydrogen) atoms. The van der Waals surface area contributed by atoms with E-state index in [0.29, 0.717) is 6.04 Å². The molecule has 4 rings (SSSR count). The lowest BCUT2D eigenvalue weighted by molar-refractivity contribution is 0.0904. The van der Waals surface area contributed by atoms with E-state index in [0.717, 1.165) is 66.4 Å². The van der Waals surface area contributed by atoms with Gasteiger partial charge in [0.05, 0.1) is 16.9 Å². The molecule has 6 nitrogen and oxygen atoms in total. The lowest BCUT2D eigenvalue weighted by Crippen LogP contribution is -2.28. The fraction of sp³-hybridized carbons (Fsp3) is 0.421. The Morgan fingerprint density at radius 3 is 2.88 bits per heavy atom. The van der Waals surface area contributed by atoms with Crippen LogP contribution in [0, 0.1) is 0 Å². The highest BCUT2D eigenvalue weighted by Crippen LogP contribution is 2.27. The van der Waals surface area contributed by atoms with Crippen molar-refractivity contribution in [1.29, 1.82) is 0 Å². The van der Waals surface area contributed by atoms with Crippen LogP contribution < -0.4 is 5.32 Å². The minimum Gasteiger partial charge on any atom is -0.381 e. The predicted octanol–water partition coefficient (Wildman–Crippen LogP) is 3.18. The molecule has 0 spiro atoms. The van der Waals surface area contributed by atoms with Gasteiger partial charge < -0.3 is 14.6 Å². The standard InChI is InChI=1S/C19H23N5O/c1-3-18-20-7-4-15(23-18)17-10-13-12-21-19(11-16(13)24(17)2)22-14-5-8-25-9-6-14/h4,7,10-12,14H,3,5-6,8-9H2,1-2H3,(H,21,22). The molecule has 1 fully saturated rings. The third-order valence-electron chi connectivity index (χ3n) is 4.78. The maximum atomic E-state index is 5.42. The first kappa shape index (κ1) is 16.0. The second-order valence-corrected chi connectivity index (χ2v) is 6.46. The maximum Gasteiger partial charge on any atom is 0.128 e. The quantitative estimate of drug-likeness (QED) is 0.792. The number of anilines is 1.